The molecule has 0 saturated carbocycles. The van der Waals surface area contributed by atoms with Crippen molar-refractivity contribution in [3.8, 4) is 0 Å². The molecule has 92 valence electrons. The minimum Gasteiger partial charge on any atom is -0.790 e. The van der Waals surface area contributed by atoms with Crippen LogP contribution in [0.25, 0.3) is 0 Å². The van der Waals surface area contributed by atoms with E-state index in [1.165, 1.54) is 0 Å². The van der Waals surface area contributed by atoms with Crippen molar-refractivity contribution in [3.05, 3.63) is 0 Å². The predicted octanol–water partition coefficient (Wildman–Crippen LogP) is 1.34. The zero-order valence-corrected chi connectivity index (χ0v) is 9.23. The summed E-state index contributed by atoms with van der Waals surface area (Å²) in [5.41, 5.74) is -1.99. The maximum absolute atomic E-state index is 12.1. The molecule has 0 saturated heterocycles. The van der Waals surface area contributed by atoms with E-state index in [-0.39, 0.29) is 12.8 Å². The molecule has 1 unspecified atom stereocenters. The molecule has 1 atom stereocenters. The molecule has 4 nitrogen and oxygen atoms in total. The van der Waals surface area contributed by atoms with Crippen LogP contribution in [0, 0.1) is 0 Å². The zero-order chi connectivity index (χ0) is 12.3. The van der Waals surface area contributed by atoms with Crippen molar-refractivity contribution < 1.29 is 32.0 Å². The number of hydrogen-bond donors (Lipinski definition) is 0. The van der Waals surface area contributed by atoms with E-state index in [1.54, 1.807) is 6.92 Å². The van der Waals surface area contributed by atoms with Crippen molar-refractivity contribution in [2.24, 2.45) is 0 Å². The Morgan fingerprint density at radius 3 is 2.07 bits per heavy atom. The molecular formula is C7H12F3O4P-2. The van der Waals surface area contributed by atoms with Crippen LogP contribution in [-0.2, 0) is 9.09 Å². The average Bonchev–Trinajstić information content (AvgIpc) is 1.74. The van der Waals surface area contributed by atoms with Crippen molar-refractivity contribution in [1.29, 1.82) is 0 Å². The summed E-state index contributed by atoms with van der Waals surface area (Å²) in [4.78, 5) is 20.6. The molecule has 0 aliphatic heterocycles. The summed E-state index contributed by atoms with van der Waals surface area (Å²) in [5, 5.41) is 0. The lowest BCUT2D eigenvalue weighted by molar-refractivity contribution is -0.351. The van der Waals surface area contributed by atoms with Crippen LogP contribution >= 0.6 is 7.82 Å². The van der Waals surface area contributed by atoms with Crippen LogP contribution in [0.3, 0.4) is 0 Å². The van der Waals surface area contributed by atoms with Crippen LogP contribution in [0.15, 0.2) is 0 Å². The average molecular weight is 248 g/mol. The quantitative estimate of drug-likeness (QED) is 0.688. The first-order valence-electron chi connectivity index (χ1n) is 4.27. The highest BCUT2D eigenvalue weighted by molar-refractivity contribution is 7.43. The van der Waals surface area contributed by atoms with Crippen molar-refractivity contribution >= 4 is 7.82 Å². The van der Waals surface area contributed by atoms with Gasteiger partial charge in [-0.15, -0.1) is 0 Å². The fourth-order valence-electron chi connectivity index (χ4n) is 1.39. The van der Waals surface area contributed by atoms with Crippen LogP contribution in [0.1, 0.15) is 33.1 Å². The Balaban J connectivity index is 4.67. The molecule has 0 rings (SSSR count). The Bertz CT molecular complexity index is 249. The van der Waals surface area contributed by atoms with Gasteiger partial charge in [0, 0.05) is 0 Å². The molecule has 0 bridgehead atoms. The van der Waals surface area contributed by atoms with E-state index < -0.39 is 26.0 Å². The fraction of sp³-hybridized carbons (Fsp3) is 1.00. The van der Waals surface area contributed by atoms with Crippen molar-refractivity contribution in [1.82, 2.24) is 0 Å². The molecule has 8 heteroatoms. The summed E-state index contributed by atoms with van der Waals surface area (Å²) in [6.45, 7) is 2.53. The number of rotatable bonds is 5. The molecule has 0 radical (unpaired) electrons. The molecule has 0 spiro atoms. The molecule has 0 aromatic carbocycles. The molecule has 0 aromatic rings. The van der Waals surface area contributed by atoms with Gasteiger partial charge in [-0.1, -0.05) is 13.3 Å². The number of alkyl halides is 3. The van der Waals surface area contributed by atoms with Crippen LogP contribution < -0.4 is 9.79 Å². The highest BCUT2D eigenvalue weighted by Gasteiger charge is 2.40. The Morgan fingerprint density at radius 2 is 1.80 bits per heavy atom. The lowest BCUT2D eigenvalue weighted by atomic mass is 9.96. The highest BCUT2D eigenvalue weighted by atomic mass is 31.2. The first kappa shape index (κ1) is 14.9. The van der Waals surface area contributed by atoms with E-state index >= 15 is 0 Å². The third-order valence-corrected chi connectivity index (χ3v) is 2.35. The van der Waals surface area contributed by atoms with E-state index in [9.17, 15) is 27.5 Å². The zero-order valence-electron chi connectivity index (χ0n) is 8.34. The van der Waals surface area contributed by atoms with Gasteiger partial charge < -0.3 is 18.9 Å². The summed E-state index contributed by atoms with van der Waals surface area (Å²) in [6, 6.07) is 0. The summed E-state index contributed by atoms with van der Waals surface area (Å²) < 4.78 is 50.5. The summed E-state index contributed by atoms with van der Waals surface area (Å²) in [5.74, 6) is 0. The van der Waals surface area contributed by atoms with Crippen molar-refractivity contribution in [2.45, 2.75) is 44.9 Å². The number of phosphoric ester groups is 1. The topological polar surface area (TPSA) is 72.4 Å². The minimum atomic E-state index is -5.40. The second-order valence-electron chi connectivity index (χ2n) is 3.53. The smallest absolute Gasteiger partial charge is 0.391 e. The van der Waals surface area contributed by atoms with Gasteiger partial charge in [0.2, 0.25) is 0 Å². The third kappa shape index (κ3) is 7.79. The molecule has 0 aliphatic rings. The maximum atomic E-state index is 12.1. The fourth-order valence-corrected chi connectivity index (χ4v) is 2.08. The van der Waals surface area contributed by atoms with Crippen LogP contribution in [0.4, 0.5) is 13.2 Å². The van der Waals surface area contributed by atoms with Crippen molar-refractivity contribution in [2.75, 3.05) is 0 Å². The Hall–Kier alpha value is -0.100. The van der Waals surface area contributed by atoms with Crippen LogP contribution in [0.5, 0.6) is 0 Å². The molecule has 0 heterocycles. The Kier molecular flexibility index (Phi) is 4.79. The minimum absolute atomic E-state index is 0.152. The number of halogens is 3. The first-order chi connectivity index (χ1) is 6.47. The van der Waals surface area contributed by atoms with E-state index in [2.05, 4.69) is 4.52 Å². The van der Waals surface area contributed by atoms with Gasteiger partial charge in [0.15, 0.2) is 0 Å². The van der Waals surface area contributed by atoms with Gasteiger partial charge in [-0.3, -0.25) is 0 Å². The van der Waals surface area contributed by atoms with E-state index in [0.29, 0.717) is 0 Å². The maximum Gasteiger partial charge on any atom is 0.391 e. The third-order valence-electron chi connectivity index (χ3n) is 1.69. The highest BCUT2D eigenvalue weighted by Crippen LogP contribution is 2.41. The summed E-state index contributed by atoms with van der Waals surface area (Å²) in [7, 11) is -5.40. The molecule has 0 fully saturated rings. The standard InChI is InChI=1S/C7H14F3O4P/c1-3-4-6(2,5-7(8,9)10)14-15(11,12)13/h3-5H2,1-2H3,(H2,11,12,13)/p-2. The predicted molar refractivity (Wildman–Crippen MR) is 42.7 cm³/mol. The lowest BCUT2D eigenvalue weighted by Crippen LogP contribution is -2.37. The number of hydrogen-bond acceptors (Lipinski definition) is 4. The Labute approximate surface area is 85.7 Å². The second-order valence-corrected chi connectivity index (χ2v) is 4.61. The van der Waals surface area contributed by atoms with E-state index in [1.807, 2.05) is 0 Å². The van der Waals surface area contributed by atoms with Gasteiger partial charge in [-0.25, -0.2) is 0 Å². The first-order valence-corrected chi connectivity index (χ1v) is 5.73. The summed E-state index contributed by atoms with van der Waals surface area (Å²) in [6.07, 6.45) is -5.89. The van der Waals surface area contributed by atoms with Crippen LogP contribution in [0.2, 0.25) is 0 Å². The lowest BCUT2D eigenvalue weighted by Gasteiger charge is -2.40. The SMILES string of the molecule is CCCC(C)(CC(F)(F)F)OP(=O)([O-])[O-]. The van der Waals surface area contributed by atoms with E-state index in [0.717, 1.165) is 6.92 Å². The normalized spacial score (nSPS) is 17.5. The van der Waals surface area contributed by atoms with Gasteiger partial charge >= 0.3 is 6.18 Å². The Morgan fingerprint density at radius 1 is 1.33 bits per heavy atom. The molecule has 15 heavy (non-hydrogen) atoms. The van der Waals surface area contributed by atoms with Gasteiger partial charge in [0.25, 0.3) is 0 Å². The number of phosphoric acid groups is 1. The van der Waals surface area contributed by atoms with E-state index in [4.69, 9.17) is 0 Å². The molecule has 0 aliphatic carbocycles. The van der Waals surface area contributed by atoms with Gasteiger partial charge in [0.1, 0.15) is 0 Å². The van der Waals surface area contributed by atoms with Gasteiger partial charge in [-0.2, -0.15) is 13.2 Å². The molecule has 0 N–H and O–H groups in total. The molecule has 0 aromatic heterocycles. The largest absolute Gasteiger partial charge is 0.790 e. The molecule has 0 amide bonds. The van der Waals surface area contributed by atoms with Gasteiger partial charge in [-0.05, 0) is 13.3 Å². The second kappa shape index (κ2) is 4.82. The van der Waals surface area contributed by atoms with Gasteiger partial charge in [0.05, 0.1) is 19.8 Å². The monoisotopic (exact) mass is 248 g/mol. The van der Waals surface area contributed by atoms with Crippen molar-refractivity contribution in [3.63, 3.8) is 0 Å². The van der Waals surface area contributed by atoms with Crippen LogP contribution in [-0.4, -0.2) is 11.8 Å². The molecular weight excluding hydrogens is 236 g/mol. The summed E-state index contributed by atoms with van der Waals surface area (Å²) >= 11 is 0.